The van der Waals surface area contributed by atoms with Gasteiger partial charge in [-0.15, -0.1) is 0 Å². The highest BCUT2D eigenvalue weighted by molar-refractivity contribution is 5.93. The first-order chi connectivity index (χ1) is 17.9. The first-order valence-electron chi connectivity index (χ1n) is 13.0. The van der Waals surface area contributed by atoms with E-state index in [-0.39, 0.29) is 5.91 Å². The van der Waals surface area contributed by atoms with E-state index >= 15 is 0 Å². The molecule has 0 saturated carbocycles. The zero-order valence-corrected chi connectivity index (χ0v) is 22.0. The van der Waals surface area contributed by atoms with Crippen molar-refractivity contribution in [1.29, 1.82) is 5.26 Å². The van der Waals surface area contributed by atoms with Crippen molar-refractivity contribution in [1.82, 2.24) is 19.4 Å². The van der Waals surface area contributed by atoms with Gasteiger partial charge >= 0.3 is 0 Å². The van der Waals surface area contributed by atoms with Gasteiger partial charge in [0.1, 0.15) is 17.6 Å². The summed E-state index contributed by atoms with van der Waals surface area (Å²) < 4.78 is 2.05. The number of amides is 1. The second-order valence-corrected chi connectivity index (χ2v) is 10.0. The van der Waals surface area contributed by atoms with E-state index < -0.39 is 0 Å². The number of nitrogens with zero attached hydrogens (tertiary/aromatic N) is 7. The number of aryl methyl sites for hydroxylation is 1. The fraction of sp³-hybridized carbons (Fsp3) is 0.414. The number of piperazine rings is 2. The minimum absolute atomic E-state index is 0.103. The zero-order valence-electron chi connectivity index (χ0n) is 22.0. The zero-order chi connectivity index (χ0) is 25.9. The molecule has 0 N–H and O–H groups in total. The maximum absolute atomic E-state index is 13.5. The average Bonchev–Trinajstić information content (AvgIpc) is 3.21. The number of aromatic nitrogens is 2. The van der Waals surface area contributed by atoms with Gasteiger partial charge in [-0.2, -0.15) is 5.26 Å². The van der Waals surface area contributed by atoms with Crippen molar-refractivity contribution in [3.05, 3.63) is 76.7 Å². The van der Waals surface area contributed by atoms with E-state index in [2.05, 4.69) is 38.7 Å². The highest BCUT2D eigenvalue weighted by Crippen LogP contribution is 2.24. The summed E-state index contributed by atoms with van der Waals surface area (Å²) in [5.74, 6) is 1.09. The van der Waals surface area contributed by atoms with Crippen molar-refractivity contribution < 1.29 is 4.79 Å². The average molecular weight is 498 g/mol. The Morgan fingerprint density at radius 3 is 2.32 bits per heavy atom. The number of hydrogen-bond acceptors (Lipinski definition) is 6. The third-order valence-electron chi connectivity index (χ3n) is 7.76. The summed E-state index contributed by atoms with van der Waals surface area (Å²) >= 11 is 0. The van der Waals surface area contributed by atoms with Crippen LogP contribution in [0.3, 0.4) is 0 Å². The molecule has 1 aromatic carbocycles. The molecule has 2 aromatic heterocycles. The maximum atomic E-state index is 13.5. The van der Waals surface area contributed by atoms with Crippen LogP contribution in [0.25, 0.3) is 0 Å². The van der Waals surface area contributed by atoms with E-state index in [0.29, 0.717) is 13.1 Å². The molecule has 0 atom stereocenters. The number of benzene rings is 1. The lowest BCUT2D eigenvalue weighted by molar-refractivity contribution is 0.0736. The maximum Gasteiger partial charge on any atom is 0.270 e. The molecular weight excluding hydrogens is 462 g/mol. The number of nitriles is 1. The van der Waals surface area contributed by atoms with E-state index in [0.717, 1.165) is 80.0 Å². The summed E-state index contributed by atoms with van der Waals surface area (Å²) in [6.45, 7) is 11.5. The lowest BCUT2D eigenvalue weighted by atomic mass is 10.1. The predicted molar refractivity (Wildman–Crippen MR) is 146 cm³/mol. The van der Waals surface area contributed by atoms with Crippen LogP contribution in [0.15, 0.2) is 48.5 Å². The van der Waals surface area contributed by atoms with Crippen molar-refractivity contribution in [3.8, 4) is 6.07 Å². The minimum Gasteiger partial charge on any atom is -0.368 e. The number of para-hydroxylation sites is 1. The van der Waals surface area contributed by atoms with Gasteiger partial charge in [0.15, 0.2) is 0 Å². The molecule has 0 aliphatic carbocycles. The van der Waals surface area contributed by atoms with E-state index in [1.54, 1.807) is 0 Å². The van der Waals surface area contributed by atoms with Crippen LogP contribution in [-0.4, -0.2) is 77.6 Å². The Bertz CT molecular complexity index is 1310. The summed E-state index contributed by atoms with van der Waals surface area (Å²) in [6.07, 6.45) is 0. The molecule has 0 spiro atoms. The fourth-order valence-corrected chi connectivity index (χ4v) is 5.36. The molecule has 8 nitrogen and oxygen atoms in total. The van der Waals surface area contributed by atoms with Gasteiger partial charge < -0.3 is 19.3 Å². The molecule has 0 bridgehead atoms. The number of rotatable bonds is 5. The van der Waals surface area contributed by atoms with Crippen molar-refractivity contribution in [2.45, 2.75) is 20.4 Å². The molecule has 5 rings (SSSR count). The van der Waals surface area contributed by atoms with E-state index in [1.165, 1.54) is 5.56 Å². The van der Waals surface area contributed by atoms with E-state index in [4.69, 9.17) is 0 Å². The van der Waals surface area contributed by atoms with Gasteiger partial charge in [-0.1, -0.05) is 18.2 Å². The lowest BCUT2D eigenvalue weighted by Gasteiger charge is -2.36. The number of pyridine rings is 1. The molecule has 2 aliphatic heterocycles. The summed E-state index contributed by atoms with van der Waals surface area (Å²) in [5, 5.41) is 9.44. The number of carbonyl (C=O) groups excluding carboxylic acids is 1. The normalized spacial score (nSPS) is 16.6. The Morgan fingerprint density at radius 2 is 1.62 bits per heavy atom. The predicted octanol–water partition coefficient (Wildman–Crippen LogP) is 3.19. The largest absolute Gasteiger partial charge is 0.368 e. The van der Waals surface area contributed by atoms with Crippen LogP contribution in [0.4, 0.5) is 11.5 Å². The number of hydrogen-bond donors (Lipinski definition) is 0. The summed E-state index contributed by atoms with van der Waals surface area (Å²) in [4.78, 5) is 27.1. The van der Waals surface area contributed by atoms with Gasteiger partial charge in [0.05, 0.1) is 11.3 Å². The molecular formula is C29H35N7O. The Balaban J connectivity index is 1.19. The van der Waals surface area contributed by atoms with Crippen molar-refractivity contribution in [2.24, 2.45) is 7.05 Å². The smallest absolute Gasteiger partial charge is 0.270 e. The molecule has 3 aromatic rings. The second-order valence-electron chi connectivity index (χ2n) is 10.0. The monoisotopic (exact) mass is 497 g/mol. The number of carbonyl (C=O) groups is 1. The molecule has 2 aliphatic rings. The molecule has 4 heterocycles. The summed E-state index contributed by atoms with van der Waals surface area (Å²) in [6, 6.07) is 18.3. The van der Waals surface area contributed by atoms with Gasteiger partial charge in [0.2, 0.25) is 0 Å². The Labute approximate surface area is 219 Å². The fourth-order valence-electron chi connectivity index (χ4n) is 5.36. The van der Waals surface area contributed by atoms with Crippen LogP contribution in [0.1, 0.15) is 33.0 Å². The van der Waals surface area contributed by atoms with Crippen LogP contribution in [-0.2, 0) is 13.6 Å². The highest BCUT2D eigenvalue weighted by Gasteiger charge is 2.27. The first-order valence-corrected chi connectivity index (χ1v) is 13.0. The van der Waals surface area contributed by atoms with Gasteiger partial charge in [0.25, 0.3) is 5.91 Å². The second kappa shape index (κ2) is 10.7. The number of anilines is 2. The van der Waals surface area contributed by atoms with Crippen molar-refractivity contribution in [2.75, 3.05) is 62.2 Å². The molecule has 0 unspecified atom stereocenters. The van der Waals surface area contributed by atoms with Crippen LogP contribution in [0.5, 0.6) is 0 Å². The highest BCUT2D eigenvalue weighted by atomic mass is 16.2. The van der Waals surface area contributed by atoms with E-state index in [1.807, 2.05) is 65.9 Å². The summed E-state index contributed by atoms with van der Waals surface area (Å²) in [5.41, 5.74) is 5.87. The SMILES string of the molecule is Cc1cccc(N2CCN(C(=O)c3cc(CN4CCN(c5ccccc5C#N)CC4)c(C)n3C)CC2)n1. The van der Waals surface area contributed by atoms with Gasteiger partial charge in [-0.05, 0) is 49.7 Å². The molecule has 2 saturated heterocycles. The third-order valence-corrected chi connectivity index (χ3v) is 7.76. The molecule has 2 fully saturated rings. The summed E-state index contributed by atoms with van der Waals surface area (Å²) in [7, 11) is 2.00. The van der Waals surface area contributed by atoms with Crippen molar-refractivity contribution >= 4 is 17.4 Å². The quantitative estimate of drug-likeness (QED) is 0.539. The van der Waals surface area contributed by atoms with Crippen LogP contribution < -0.4 is 9.80 Å². The van der Waals surface area contributed by atoms with Crippen LogP contribution in [0, 0.1) is 25.2 Å². The molecule has 37 heavy (non-hydrogen) atoms. The first kappa shape index (κ1) is 24.8. The standard InChI is InChI=1S/C29H35N7O/c1-22-7-6-10-28(31-22)35-15-17-36(18-16-35)29(37)27-19-25(23(2)32(27)3)21-33-11-13-34(14-12-33)26-9-5-4-8-24(26)20-30/h4-10,19H,11-18,21H2,1-3H3. The Morgan fingerprint density at radius 1 is 0.919 bits per heavy atom. The minimum atomic E-state index is 0.103. The van der Waals surface area contributed by atoms with Gasteiger partial charge in [-0.3, -0.25) is 9.69 Å². The van der Waals surface area contributed by atoms with Crippen LogP contribution >= 0.6 is 0 Å². The topological polar surface area (TPSA) is 71.6 Å². The van der Waals surface area contributed by atoms with E-state index in [9.17, 15) is 10.1 Å². The molecule has 0 radical (unpaired) electrons. The Kier molecular flexibility index (Phi) is 7.15. The molecule has 1 amide bonds. The lowest BCUT2D eigenvalue weighted by Crippen LogP contribution is -2.49. The van der Waals surface area contributed by atoms with Gasteiger partial charge in [0, 0.05) is 77.3 Å². The van der Waals surface area contributed by atoms with Crippen LogP contribution in [0.2, 0.25) is 0 Å². The third kappa shape index (κ3) is 5.18. The molecule has 8 heteroatoms. The van der Waals surface area contributed by atoms with Gasteiger partial charge in [-0.25, -0.2) is 4.98 Å². The Hall–Kier alpha value is -3.83. The van der Waals surface area contributed by atoms with Crippen molar-refractivity contribution in [3.63, 3.8) is 0 Å². The molecule has 192 valence electrons.